The molecule has 0 saturated heterocycles. The maximum atomic E-state index is 4.98. The SMILES string of the molecule is CNCCCCCCCCOC. The van der Waals surface area contributed by atoms with Crippen molar-refractivity contribution in [1.29, 1.82) is 0 Å². The molecule has 74 valence electrons. The highest BCUT2D eigenvalue weighted by molar-refractivity contribution is 4.46. The van der Waals surface area contributed by atoms with Gasteiger partial charge in [-0.1, -0.05) is 25.7 Å². The van der Waals surface area contributed by atoms with E-state index in [0.717, 1.165) is 13.2 Å². The molecule has 0 amide bonds. The average Bonchev–Trinajstić information content (AvgIpc) is 2.10. The average molecular weight is 173 g/mol. The molecule has 1 N–H and O–H groups in total. The molecular weight excluding hydrogens is 150 g/mol. The second-order valence-electron chi connectivity index (χ2n) is 3.22. The van der Waals surface area contributed by atoms with Crippen LogP contribution in [0.25, 0.3) is 0 Å². The third-order valence-corrected chi connectivity index (χ3v) is 2.03. The van der Waals surface area contributed by atoms with Crippen LogP contribution >= 0.6 is 0 Å². The molecule has 0 aliphatic heterocycles. The Morgan fingerprint density at radius 1 is 0.917 bits per heavy atom. The summed E-state index contributed by atoms with van der Waals surface area (Å²) in [6.45, 7) is 2.09. The fourth-order valence-corrected chi connectivity index (χ4v) is 1.26. The molecule has 0 aromatic rings. The minimum Gasteiger partial charge on any atom is -0.385 e. The van der Waals surface area contributed by atoms with Gasteiger partial charge in [0, 0.05) is 13.7 Å². The van der Waals surface area contributed by atoms with Gasteiger partial charge < -0.3 is 10.1 Å². The van der Waals surface area contributed by atoms with Crippen LogP contribution in [0.1, 0.15) is 38.5 Å². The van der Waals surface area contributed by atoms with E-state index in [2.05, 4.69) is 5.32 Å². The molecule has 0 heterocycles. The summed E-state index contributed by atoms with van der Waals surface area (Å²) >= 11 is 0. The van der Waals surface area contributed by atoms with Crippen molar-refractivity contribution in [2.45, 2.75) is 38.5 Å². The number of rotatable bonds is 9. The first-order valence-electron chi connectivity index (χ1n) is 5.05. The third-order valence-electron chi connectivity index (χ3n) is 2.03. The first-order valence-corrected chi connectivity index (χ1v) is 5.05. The normalized spacial score (nSPS) is 10.5. The summed E-state index contributed by atoms with van der Waals surface area (Å²) < 4.78 is 4.98. The van der Waals surface area contributed by atoms with Gasteiger partial charge in [0.2, 0.25) is 0 Å². The van der Waals surface area contributed by atoms with E-state index in [1.54, 1.807) is 7.11 Å². The van der Waals surface area contributed by atoms with Gasteiger partial charge in [-0.3, -0.25) is 0 Å². The predicted molar refractivity (Wildman–Crippen MR) is 53.5 cm³/mol. The lowest BCUT2D eigenvalue weighted by molar-refractivity contribution is 0.192. The highest BCUT2D eigenvalue weighted by atomic mass is 16.5. The Morgan fingerprint density at radius 2 is 1.50 bits per heavy atom. The van der Waals surface area contributed by atoms with E-state index < -0.39 is 0 Å². The Bertz CT molecular complexity index is 66.2. The lowest BCUT2D eigenvalue weighted by Gasteiger charge is -2.00. The molecule has 0 saturated carbocycles. The van der Waals surface area contributed by atoms with Crippen molar-refractivity contribution in [1.82, 2.24) is 5.32 Å². The molecule has 0 bridgehead atoms. The Hall–Kier alpha value is -0.0800. The maximum absolute atomic E-state index is 4.98. The van der Waals surface area contributed by atoms with Crippen molar-refractivity contribution in [2.75, 3.05) is 27.3 Å². The molecule has 2 heteroatoms. The summed E-state index contributed by atoms with van der Waals surface area (Å²) in [6.07, 6.45) is 7.99. The topological polar surface area (TPSA) is 21.3 Å². The van der Waals surface area contributed by atoms with Crippen LogP contribution in [-0.2, 0) is 4.74 Å². The van der Waals surface area contributed by atoms with E-state index in [9.17, 15) is 0 Å². The molecule has 0 unspecified atom stereocenters. The molecule has 0 aliphatic carbocycles. The quantitative estimate of drug-likeness (QED) is 0.540. The van der Waals surface area contributed by atoms with E-state index in [4.69, 9.17) is 4.74 Å². The molecule has 0 aromatic carbocycles. The van der Waals surface area contributed by atoms with Crippen molar-refractivity contribution >= 4 is 0 Å². The van der Waals surface area contributed by atoms with Gasteiger partial charge in [0.25, 0.3) is 0 Å². The number of methoxy groups -OCH3 is 1. The molecular formula is C10H23NO. The summed E-state index contributed by atoms with van der Waals surface area (Å²) in [6, 6.07) is 0. The molecule has 0 radical (unpaired) electrons. The van der Waals surface area contributed by atoms with Gasteiger partial charge in [-0.2, -0.15) is 0 Å². The van der Waals surface area contributed by atoms with Gasteiger partial charge in [0.05, 0.1) is 0 Å². The largest absolute Gasteiger partial charge is 0.385 e. The first kappa shape index (κ1) is 11.9. The van der Waals surface area contributed by atoms with Crippen molar-refractivity contribution in [3.8, 4) is 0 Å². The summed E-state index contributed by atoms with van der Waals surface area (Å²) in [7, 11) is 3.78. The number of unbranched alkanes of at least 4 members (excludes halogenated alkanes) is 5. The number of nitrogens with one attached hydrogen (secondary N) is 1. The van der Waals surface area contributed by atoms with Crippen LogP contribution in [0.3, 0.4) is 0 Å². The lowest BCUT2D eigenvalue weighted by atomic mass is 10.1. The number of ether oxygens (including phenoxy) is 1. The maximum Gasteiger partial charge on any atom is 0.0462 e. The predicted octanol–water partition coefficient (Wildman–Crippen LogP) is 2.19. The van der Waals surface area contributed by atoms with Crippen molar-refractivity contribution in [3.05, 3.63) is 0 Å². The summed E-state index contributed by atoms with van der Waals surface area (Å²) in [5.41, 5.74) is 0. The highest BCUT2D eigenvalue weighted by Crippen LogP contribution is 2.04. The molecule has 0 aromatic heterocycles. The molecule has 12 heavy (non-hydrogen) atoms. The van der Waals surface area contributed by atoms with Gasteiger partial charge >= 0.3 is 0 Å². The molecule has 0 spiro atoms. The van der Waals surface area contributed by atoms with E-state index in [1.165, 1.54) is 38.5 Å². The fraction of sp³-hybridized carbons (Fsp3) is 1.00. The van der Waals surface area contributed by atoms with Crippen LogP contribution in [0.2, 0.25) is 0 Å². The highest BCUT2D eigenvalue weighted by Gasteiger charge is 1.89. The minimum absolute atomic E-state index is 0.927. The number of hydrogen-bond donors (Lipinski definition) is 1. The first-order chi connectivity index (χ1) is 5.91. The fourth-order valence-electron chi connectivity index (χ4n) is 1.26. The van der Waals surface area contributed by atoms with E-state index >= 15 is 0 Å². The van der Waals surface area contributed by atoms with Crippen LogP contribution in [-0.4, -0.2) is 27.3 Å². The zero-order valence-corrected chi connectivity index (χ0v) is 8.57. The molecule has 0 aliphatic rings. The standard InChI is InChI=1S/C10H23NO/c1-11-9-7-5-3-4-6-8-10-12-2/h11H,3-10H2,1-2H3. The van der Waals surface area contributed by atoms with Gasteiger partial charge in [-0.05, 0) is 26.4 Å². The van der Waals surface area contributed by atoms with Crippen LogP contribution in [0, 0.1) is 0 Å². The Balaban J connectivity index is 2.73. The second-order valence-corrected chi connectivity index (χ2v) is 3.22. The zero-order chi connectivity index (χ0) is 9.07. The minimum atomic E-state index is 0.927. The van der Waals surface area contributed by atoms with Crippen LogP contribution in [0.15, 0.2) is 0 Å². The van der Waals surface area contributed by atoms with Gasteiger partial charge in [-0.15, -0.1) is 0 Å². The summed E-state index contributed by atoms with van der Waals surface area (Å²) in [5, 5.41) is 3.16. The Labute approximate surface area is 76.7 Å². The van der Waals surface area contributed by atoms with E-state index in [1.807, 2.05) is 7.05 Å². The van der Waals surface area contributed by atoms with Crippen LogP contribution < -0.4 is 5.32 Å². The second kappa shape index (κ2) is 10.9. The van der Waals surface area contributed by atoms with Crippen LogP contribution in [0.5, 0.6) is 0 Å². The van der Waals surface area contributed by atoms with Gasteiger partial charge in [0.15, 0.2) is 0 Å². The molecule has 0 fully saturated rings. The van der Waals surface area contributed by atoms with Crippen molar-refractivity contribution < 1.29 is 4.74 Å². The smallest absolute Gasteiger partial charge is 0.0462 e. The van der Waals surface area contributed by atoms with E-state index in [-0.39, 0.29) is 0 Å². The Morgan fingerprint density at radius 3 is 2.08 bits per heavy atom. The summed E-state index contributed by atoms with van der Waals surface area (Å²) in [4.78, 5) is 0. The van der Waals surface area contributed by atoms with Crippen molar-refractivity contribution in [2.24, 2.45) is 0 Å². The zero-order valence-electron chi connectivity index (χ0n) is 8.57. The van der Waals surface area contributed by atoms with E-state index in [0.29, 0.717) is 0 Å². The lowest BCUT2D eigenvalue weighted by Crippen LogP contribution is -2.06. The number of hydrogen-bond acceptors (Lipinski definition) is 2. The molecule has 0 atom stereocenters. The van der Waals surface area contributed by atoms with Crippen molar-refractivity contribution in [3.63, 3.8) is 0 Å². The molecule has 2 nitrogen and oxygen atoms in total. The molecule has 0 rings (SSSR count). The van der Waals surface area contributed by atoms with Gasteiger partial charge in [-0.25, -0.2) is 0 Å². The third kappa shape index (κ3) is 9.92. The monoisotopic (exact) mass is 173 g/mol. The van der Waals surface area contributed by atoms with Gasteiger partial charge in [0.1, 0.15) is 0 Å². The van der Waals surface area contributed by atoms with Crippen LogP contribution in [0.4, 0.5) is 0 Å². The summed E-state index contributed by atoms with van der Waals surface area (Å²) in [5.74, 6) is 0. The Kier molecular flexibility index (Phi) is 10.8.